The molecule has 0 aromatic rings. The summed E-state index contributed by atoms with van der Waals surface area (Å²) >= 11 is 0. The highest BCUT2D eigenvalue weighted by Crippen LogP contribution is 1.76. The summed E-state index contributed by atoms with van der Waals surface area (Å²) in [6.07, 6.45) is 5.26. The number of hydrogen-bond acceptors (Lipinski definition) is 3. The third-order valence-corrected chi connectivity index (χ3v) is 0.792. The summed E-state index contributed by atoms with van der Waals surface area (Å²) in [6, 6.07) is 0. The van der Waals surface area contributed by atoms with Crippen molar-refractivity contribution < 1.29 is 14.9 Å². The summed E-state index contributed by atoms with van der Waals surface area (Å²) in [7, 11) is 0. The number of aliphatic hydroxyl groups is 2. The van der Waals surface area contributed by atoms with Gasteiger partial charge in [0, 0.05) is 0 Å². The molecule has 0 amide bonds. The Kier molecular flexibility index (Phi) is 42.2. The zero-order chi connectivity index (χ0) is 10.9. The van der Waals surface area contributed by atoms with Gasteiger partial charge in [0.1, 0.15) is 0 Å². The van der Waals surface area contributed by atoms with E-state index in [2.05, 4.69) is 31.7 Å². The molecule has 0 aliphatic carbocycles. The minimum Gasteiger partial charge on any atom is -0.474 e. The summed E-state index contributed by atoms with van der Waals surface area (Å²) < 4.78 is 4.36. The molecule has 0 aromatic carbocycles. The highest BCUT2D eigenvalue weighted by molar-refractivity contribution is 4.57. The van der Waals surface area contributed by atoms with E-state index in [0.717, 1.165) is 0 Å². The van der Waals surface area contributed by atoms with Crippen LogP contribution in [0.1, 0.15) is 26.7 Å². The van der Waals surface area contributed by atoms with E-state index in [-0.39, 0.29) is 13.2 Å². The summed E-state index contributed by atoms with van der Waals surface area (Å²) in [5, 5.41) is 15.2. The van der Waals surface area contributed by atoms with E-state index in [1.165, 1.54) is 25.4 Å². The molecule has 0 atom stereocenters. The Morgan fingerprint density at radius 3 is 1.31 bits per heavy atom. The molecule has 0 aromatic heterocycles. The topological polar surface area (TPSA) is 49.7 Å². The Balaban J connectivity index is -0.000000117. The maximum Gasteiger partial charge on any atom is 0.0829 e. The molecule has 2 N–H and O–H groups in total. The molecule has 0 heterocycles. The zero-order valence-electron chi connectivity index (χ0n) is 8.70. The molecule has 3 heteroatoms. The van der Waals surface area contributed by atoms with Crippen molar-refractivity contribution in [3.05, 3.63) is 25.7 Å². The Bertz CT molecular complexity index is 68.2. The lowest BCUT2D eigenvalue weighted by molar-refractivity contribution is 0.186. The Hall–Kier alpha value is -0.800. The van der Waals surface area contributed by atoms with Gasteiger partial charge < -0.3 is 14.9 Å². The minimum atomic E-state index is -0.125. The number of unbranched alkanes of at least 4 members (excludes halogenated alkanes) is 1. The molecule has 80 valence electrons. The molecule has 0 rings (SSSR count). The van der Waals surface area contributed by atoms with Crippen molar-refractivity contribution in [3.8, 4) is 0 Å². The molecule has 0 saturated carbocycles. The summed E-state index contributed by atoms with van der Waals surface area (Å²) in [5.74, 6) is 0. The van der Waals surface area contributed by atoms with Gasteiger partial charge in [0.15, 0.2) is 0 Å². The average Bonchev–Trinajstić information content (AvgIpc) is 2.20. The molecular formula is C10H22O3. The monoisotopic (exact) mass is 190 g/mol. The molecule has 0 fully saturated rings. The summed E-state index contributed by atoms with van der Waals surface area (Å²) in [5.41, 5.74) is 0. The van der Waals surface area contributed by atoms with Crippen LogP contribution in [0.4, 0.5) is 0 Å². The van der Waals surface area contributed by atoms with Gasteiger partial charge in [-0.1, -0.05) is 39.8 Å². The lowest BCUT2D eigenvalue weighted by Crippen LogP contribution is -1.85. The fourth-order valence-corrected chi connectivity index (χ4v) is 0.0680. The van der Waals surface area contributed by atoms with Crippen LogP contribution >= 0.6 is 0 Å². The van der Waals surface area contributed by atoms with Gasteiger partial charge in [-0.15, -0.1) is 0 Å². The van der Waals surface area contributed by atoms with Crippen molar-refractivity contribution >= 4 is 0 Å². The Morgan fingerprint density at radius 2 is 1.31 bits per heavy atom. The Morgan fingerprint density at radius 1 is 1.00 bits per heavy atom. The van der Waals surface area contributed by atoms with Crippen LogP contribution < -0.4 is 0 Å². The van der Waals surface area contributed by atoms with Gasteiger partial charge in [-0.25, -0.2) is 0 Å². The molecule has 0 radical (unpaired) electrons. The van der Waals surface area contributed by atoms with Gasteiger partial charge in [0.25, 0.3) is 0 Å². The smallest absolute Gasteiger partial charge is 0.0829 e. The van der Waals surface area contributed by atoms with E-state index in [4.69, 9.17) is 10.2 Å². The molecule has 0 unspecified atom stereocenters. The number of ether oxygens (including phenoxy) is 1. The van der Waals surface area contributed by atoms with E-state index in [0.29, 0.717) is 0 Å². The van der Waals surface area contributed by atoms with E-state index >= 15 is 0 Å². The van der Waals surface area contributed by atoms with E-state index < -0.39 is 0 Å². The molecule has 3 nitrogen and oxygen atoms in total. The van der Waals surface area contributed by atoms with Crippen molar-refractivity contribution in [2.24, 2.45) is 0 Å². The van der Waals surface area contributed by atoms with Gasteiger partial charge >= 0.3 is 0 Å². The van der Waals surface area contributed by atoms with Gasteiger partial charge in [-0.2, -0.15) is 0 Å². The molecule has 0 saturated heterocycles. The maximum absolute atomic E-state index is 7.62. The summed E-state index contributed by atoms with van der Waals surface area (Å²) in [6.45, 7) is 10.6. The zero-order valence-corrected chi connectivity index (χ0v) is 8.70. The van der Waals surface area contributed by atoms with Crippen molar-refractivity contribution in [2.75, 3.05) is 13.2 Å². The minimum absolute atomic E-state index is 0.125. The Labute approximate surface area is 81.4 Å². The standard InChI is InChI=1S/C4H6O.C4H10.C2H6O2/c1-3-5-4-2;1-3-4-2;3-1-2-4/h3-4H,1-2H2;3-4H2,1-2H3;3-4H,1-2H2. The first-order valence-electron chi connectivity index (χ1n) is 4.33. The molecular weight excluding hydrogens is 168 g/mol. The normalized spacial score (nSPS) is 6.77. The second-order valence-electron chi connectivity index (χ2n) is 1.92. The van der Waals surface area contributed by atoms with Crippen LogP contribution in [-0.2, 0) is 4.74 Å². The first-order valence-corrected chi connectivity index (χ1v) is 4.33. The lowest BCUT2D eigenvalue weighted by Gasteiger charge is -1.76. The van der Waals surface area contributed by atoms with E-state index in [9.17, 15) is 0 Å². The van der Waals surface area contributed by atoms with Crippen molar-refractivity contribution in [1.29, 1.82) is 0 Å². The first kappa shape index (κ1) is 18.1. The van der Waals surface area contributed by atoms with Crippen LogP contribution in [-0.4, -0.2) is 23.4 Å². The van der Waals surface area contributed by atoms with Gasteiger partial charge in [0.05, 0.1) is 25.7 Å². The molecule has 0 bridgehead atoms. The van der Waals surface area contributed by atoms with Crippen molar-refractivity contribution in [2.45, 2.75) is 26.7 Å². The van der Waals surface area contributed by atoms with Crippen LogP contribution in [0.15, 0.2) is 25.7 Å². The molecule has 0 spiro atoms. The molecule has 13 heavy (non-hydrogen) atoms. The van der Waals surface area contributed by atoms with Gasteiger partial charge in [-0.3, -0.25) is 0 Å². The van der Waals surface area contributed by atoms with Crippen molar-refractivity contribution in [1.82, 2.24) is 0 Å². The predicted molar refractivity (Wildman–Crippen MR) is 56.2 cm³/mol. The molecule has 0 aliphatic heterocycles. The highest BCUT2D eigenvalue weighted by atomic mass is 16.5. The predicted octanol–water partition coefficient (Wildman–Crippen LogP) is 2.07. The lowest BCUT2D eigenvalue weighted by atomic mass is 10.4. The second kappa shape index (κ2) is 30.3. The van der Waals surface area contributed by atoms with Gasteiger partial charge in [-0.05, 0) is 0 Å². The maximum atomic E-state index is 7.62. The first-order chi connectivity index (χ1) is 6.24. The van der Waals surface area contributed by atoms with E-state index in [1.807, 2.05) is 0 Å². The van der Waals surface area contributed by atoms with Crippen LogP contribution in [0, 0.1) is 0 Å². The third-order valence-electron chi connectivity index (χ3n) is 0.792. The third kappa shape index (κ3) is 92.6. The largest absolute Gasteiger partial charge is 0.474 e. The quantitative estimate of drug-likeness (QED) is 0.667. The van der Waals surface area contributed by atoms with Gasteiger partial charge in [0.2, 0.25) is 0 Å². The number of aliphatic hydroxyl groups excluding tert-OH is 2. The summed E-state index contributed by atoms with van der Waals surface area (Å²) in [4.78, 5) is 0. The van der Waals surface area contributed by atoms with E-state index in [1.54, 1.807) is 0 Å². The second-order valence-corrected chi connectivity index (χ2v) is 1.92. The SMILES string of the molecule is C=COC=C.CCCC.OCCO. The number of hydrogen-bond donors (Lipinski definition) is 2. The highest BCUT2D eigenvalue weighted by Gasteiger charge is 1.58. The van der Waals surface area contributed by atoms with Crippen LogP contribution in [0.2, 0.25) is 0 Å². The average molecular weight is 190 g/mol. The molecule has 0 aliphatic rings. The fraction of sp³-hybridized carbons (Fsp3) is 0.600. The van der Waals surface area contributed by atoms with Crippen LogP contribution in [0.25, 0.3) is 0 Å². The van der Waals surface area contributed by atoms with Crippen LogP contribution in [0.5, 0.6) is 0 Å². The fourth-order valence-electron chi connectivity index (χ4n) is 0.0680. The number of rotatable bonds is 4. The van der Waals surface area contributed by atoms with Crippen LogP contribution in [0.3, 0.4) is 0 Å². The van der Waals surface area contributed by atoms with Crippen molar-refractivity contribution in [3.63, 3.8) is 0 Å².